The van der Waals surface area contributed by atoms with Crippen LogP contribution in [0.4, 0.5) is 0 Å². The number of carbonyl (C=O) groups is 3. The summed E-state index contributed by atoms with van der Waals surface area (Å²) in [5.41, 5.74) is 0. The number of carboxylic acid groups (broad SMARTS) is 2. The van der Waals surface area contributed by atoms with E-state index < -0.39 is 18.0 Å². The Morgan fingerprint density at radius 2 is 0.854 bits per heavy atom. The highest BCUT2D eigenvalue weighted by Crippen LogP contribution is 2.25. The van der Waals surface area contributed by atoms with Gasteiger partial charge in [-0.15, -0.1) is 0 Å². The number of rotatable bonds is 31. The van der Waals surface area contributed by atoms with Crippen LogP contribution in [0.3, 0.4) is 0 Å². The van der Waals surface area contributed by atoms with E-state index in [1.54, 1.807) is 4.90 Å². The Morgan fingerprint density at radius 1 is 0.488 bits per heavy atom. The number of carboxylic acids is 2. The van der Waals surface area contributed by atoms with Crippen molar-refractivity contribution in [2.24, 2.45) is 0 Å². The molecule has 0 saturated carbocycles. The van der Waals surface area contributed by atoms with Gasteiger partial charge in [-0.3, -0.25) is 9.59 Å². The van der Waals surface area contributed by atoms with Crippen molar-refractivity contribution in [3.8, 4) is 0 Å². The predicted molar refractivity (Wildman–Crippen MR) is 171 cm³/mol. The molecule has 2 atom stereocenters. The molecule has 0 aliphatic rings. The first-order valence-electron chi connectivity index (χ1n) is 17.6. The summed E-state index contributed by atoms with van der Waals surface area (Å²) in [7, 11) is 0. The maximum absolute atomic E-state index is 13.7. The van der Waals surface area contributed by atoms with E-state index in [0.717, 1.165) is 57.8 Å². The SMILES string of the molecule is CCCCCCCCCCCC(=O)N(C(CCCCCCCC)CCCCCCCCC)[C@@H](CCC(=O)O)C(=O)O. The number of hydrogen-bond acceptors (Lipinski definition) is 3. The van der Waals surface area contributed by atoms with E-state index in [2.05, 4.69) is 20.8 Å². The molecule has 6 heteroatoms. The number of carbonyl (C=O) groups excluding carboxylic acids is 1. The largest absolute Gasteiger partial charge is 0.481 e. The highest BCUT2D eigenvalue weighted by molar-refractivity contribution is 5.84. The third-order valence-electron chi connectivity index (χ3n) is 8.46. The Kier molecular flexibility index (Phi) is 27.4. The lowest BCUT2D eigenvalue weighted by atomic mass is 9.95. The maximum Gasteiger partial charge on any atom is 0.326 e. The smallest absolute Gasteiger partial charge is 0.326 e. The maximum atomic E-state index is 13.7. The van der Waals surface area contributed by atoms with Gasteiger partial charge in [0.1, 0.15) is 6.04 Å². The van der Waals surface area contributed by atoms with Crippen LogP contribution in [0.5, 0.6) is 0 Å². The van der Waals surface area contributed by atoms with Crippen LogP contribution >= 0.6 is 0 Å². The molecule has 0 bridgehead atoms. The van der Waals surface area contributed by atoms with Gasteiger partial charge in [0.05, 0.1) is 0 Å². The number of nitrogens with zero attached hydrogens (tertiary/aromatic N) is 1. The lowest BCUT2D eigenvalue weighted by Gasteiger charge is -2.37. The Labute approximate surface area is 253 Å². The van der Waals surface area contributed by atoms with Crippen LogP contribution in [0.25, 0.3) is 0 Å². The highest BCUT2D eigenvalue weighted by atomic mass is 16.4. The molecule has 0 radical (unpaired) electrons. The van der Waals surface area contributed by atoms with Crippen LogP contribution in [-0.4, -0.2) is 45.0 Å². The third-order valence-corrected chi connectivity index (χ3v) is 8.46. The minimum Gasteiger partial charge on any atom is -0.481 e. The van der Waals surface area contributed by atoms with Gasteiger partial charge in [-0.05, 0) is 25.7 Å². The second-order valence-corrected chi connectivity index (χ2v) is 12.3. The number of aliphatic carboxylic acids is 2. The van der Waals surface area contributed by atoms with E-state index >= 15 is 0 Å². The molecule has 1 unspecified atom stereocenters. The van der Waals surface area contributed by atoms with Crippen molar-refractivity contribution < 1.29 is 24.6 Å². The van der Waals surface area contributed by atoms with Gasteiger partial charge in [0.25, 0.3) is 0 Å². The summed E-state index contributed by atoms with van der Waals surface area (Å²) >= 11 is 0. The topological polar surface area (TPSA) is 94.9 Å². The Bertz CT molecular complexity index is 638. The van der Waals surface area contributed by atoms with Crippen LogP contribution in [0, 0.1) is 0 Å². The van der Waals surface area contributed by atoms with Gasteiger partial charge in [0.2, 0.25) is 5.91 Å². The van der Waals surface area contributed by atoms with Crippen molar-refractivity contribution in [2.45, 2.75) is 206 Å². The molecule has 0 aromatic carbocycles. The zero-order chi connectivity index (χ0) is 30.6. The van der Waals surface area contributed by atoms with Crippen molar-refractivity contribution in [3.05, 3.63) is 0 Å². The molecule has 0 spiro atoms. The fourth-order valence-corrected chi connectivity index (χ4v) is 5.91. The molecule has 0 fully saturated rings. The monoisotopic (exact) mass is 582 g/mol. The summed E-state index contributed by atoms with van der Waals surface area (Å²) in [5, 5.41) is 19.5. The van der Waals surface area contributed by atoms with Crippen molar-refractivity contribution >= 4 is 17.8 Å². The summed E-state index contributed by atoms with van der Waals surface area (Å²) in [5.74, 6) is -2.18. The second kappa shape index (κ2) is 28.5. The first-order chi connectivity index (χ1) is 19.9. The van der Waals surface area contributed by atoms with Crippen LogP contribution < -0.4 is 0 Å². The molecule has 0 aliphatic carbocycles. The van der Waals surface area contributed by atoms with Crippen molar-refractivity contribution in [2.75, 3.05) is 0 Å². The van der Waals surface area contributed by atoms with E-state index in [9.17, 15) is 24.6 Å². The average Bonchev–Trinajstić information content (AvgIpc) is 2.94. The fraction of sp³-hybridized carbons (Fsp3) is 0.914. The minimum absolute atomic E-state index is 0.0296. The normalized spacial score (nSPS) is 12.8. The van der Waals surface area contributed by atoms with Crippen molar-refractivity contribution in [1.29, 1.82) is 0 Å². The molecule has 0 aromatic heterocycles. The van der Waals surface area contributed by atoms with Crippen molar-refractivity contribution in [3.63, 3.8) is 0 Å². The summed E-state index contributed by atoms with van der Waals surface area (Å²) in [6, 6.07) is -1.19. The third kappa shape index (κ3) is 22.7. The molecule has 41 heavy (non-hydrogen) atoms. The average molecular weight is 582 g/mol. The first-order valence-corrected chi connectivity index (χ1v) is 17.6. The molecular formula is C35H67NO5. The number of hydrogen-bond donors (Lipinski definition) is 2. The summed E-state index contributed by atoms with van der Waals surface area (Å²) in [6.45, 7) is 6.65. The highest BCUT2D eigenvalue weighted by Gasteiger charge is 2.34. The molecule has 0 aromatic rings. The van der Waals surface area contributed by atoms with Crippen LogP contribution in [0.1, 0.15) is 194 Å². The van der Waals surface area contributed by atoms with E-state index in [4.69, 9.17) is 0 Å². The second-order valence-electron chi connectivity index (χ2n) is 12.3. The van der Waals surface area contributed by atoms with E-state index in [1.807, 2.05) is 0 Å². The van der Waals surface area contributed by atoms with Crippen molar-refractivity contribution in [1.82, 2.24) is 4.90 Å². The summed E-state index contributed by atoms with van der Waals surface area (Å²) in [6.07, 6.45) is 27.3. The first kappa shape index (κ1) is 39.4. The zero-order valence-corrected chi connectivity index (χ0v) is 27.3. The number of unbranched alkanes of at least 4 members (excludes halogenated alkanes) is 19. The Morgan fingerprint density at radius 3 is 1.22 bits per heavy atom. The molecule has 0 aliphatic heterocycles. The van der Waals surface area contributed by atoms with Gasteiger partial charge < -0.3 is 15.1 Å². The zero-order valence-electron chi connectivity index (χ0n) is 27.3. The Balaban J connectivity index is 5.33. The van der Waals surface area contributed by atoms with Gasteiger partial charge >= 0.3 is 11.9 Å². The van der Waals surface area contributed by atoms with Crippen LogP contribution in [0.15, 0.2) is 0 Å². The van der Waals surface area contributed by atoms with Gasteiger partial charge in [-0.2, -0.15) is 0 Å². The summed E-state index contributed by atoms with van der Waals surface area (Å²) < 4.78 is 0. The van der Waals surface area contributed by atoms with Gasteiger partial charge in [-0.1, -0.05) is 156 Å². The summed E-state index contributed by atoms with van der Waals surface area (Å²) in [4.78, 5) is 39.1. The van der Waals surface area contributed by atoms with Gasteiger partial charge in [0.15, 0.2) is 0 Å². The molecule has 1 amide bonds. The van der Waals surface area contributed by atoms with Crippen LogP contribution in [-0.2, 0) is 14.4 Å². The lowest BCUT2D eigenvalue weighted by Crippen LogP contribution is -2.51. The van der Waals surface area contributed by atoms with Gasteiger partial charge in [0, 0.05) is 18.9 Å². The van der Waals surface area contributed by atoms with Crippen LogP contribution in [0.2, 0.25) is 0 Å². The van der Waals surface area contributed by atoms with E-state index in [-0.39, 0.29) is 24.8 Å². The fourth-order valence-electron chi connectivity index (χ4n) is 5.91. The molecule has 2 N–H and O–H groups in total. The van der Waals surface area contributed by atoms with E-state index in [0.29, 0.717) is 6.42 Å². The van der Waals surface area contributed by atoms with Gasteiger partial charge in [-0.25, -0.2) is 4.79 Å². The predicted octanol–water partition coefficient (Wildman–Crippen LogP) is 10.3. The quantitative estimate of drug-likeness (QED) is 0.0794. The molecule has 0 heterocycles. The molecule has 0 saturated heterocycles. The van der Waals surface area contributed by atoms with E-state index in [1.165, 1.54) is 96.3 Å². The molecule has 6 nitrogen and oxygen atoms in total. The molecule has 0 rings (SSSR count). The molecule has 242 valence electrons. The standard InChI is InChI=1S/C35H67NO5/c1-4-7-10-13-16-17-19-22-25-28-33(37)36(32(35(40)41)29-30-34(38)39)31(26-23-20-15-12-9-6-3)27-24-21-18-14-11-8-5-2/h31-32H,4-30H2,1-3H3,(H,38,39)(H,40,41)/t31?,32-/m0/s1. The molecular weight excluding hydrogens is 514 g/mol. The lowest BCUT2D eigenvalue weighted by molar-refractivity contribution is -0.154. The Hall–Kier alpha value is -1.59. The minimum atomic E-state index is -1.07. The number of amides is 1.